The van der Waals surface area contributed by atoms with Crippen molar-refractivity contribution < 1.29 is 14.3 Å². The van der Waals surface area contributed by atoms with Gasteiger partial charge < -0.3 is 14.8 Å². The number of carbonyl (C=O) groups excluding carboxylic acids is 1. The van der Waals surface area contributed by atoms with Crippen LogP contribution in [-0.2, 0) is 16.0 Å². The minimum atomic E-state index is -0.146. The molecular weight excluding hydrogens is 322 g/mol. The first-order valence-corrected chi connectivity index (χ1v) is 8.26. The van der Waals surface area contributed by atoms with Crippen LogP contribution in [0.15, 0.2) is 29.0 Å². The summed E-state index contributed by atoms with van der Waals surface area (Å²) >= 11 is 8.00. The molecule has 0 saturated heterocycles. The van der Waals surface area contributed by atoms with E-state index < -0.39 is 0 Å². The Kier molecular flexibility index (Phi) is 4.66. The molecule has 1 aliphatic heterocycles. The molecular formula is C16H16ClNO3S. The fraction of sp³-hybridized carbons (Fsp3) is 0.312. The summed E-state index contributed by atoms with van der Waals surface area (Å²) in [4.78, 5) is 11.4. The summed E-state index contributed by atoms with van der Waals surface area (Å²) in [7, 11) is 1.49. The van der Waals surface area contributed by atoms with Crippen molar-refractivity contribution in [2.75, 3.05) is 20.3 Å². The zero-order chi connectivity index (χ0) is 15.5. The summed E-state index contributed by atoms with van der Waals surface area (Å²) in [5, 5.41) is 7.54. The first kappa shape index (κ1) is 15.3. The van der Waals surface area contributed by atoms with Gasteiger partial charge in [-0.1, -0.05) is 11.6 Å². The summed E-state index contributed by atoms with van der Waals surface area (Å²) in [6, 6.07) is 6.11. The minimum absolute atomic E-state index is 0.0583. The zero-order valence-electron chi connectivity index (χ0n) is 12.1. The second-order valence-corrected chi connectivity index (χ2v) is 6.33. The largest absolute Gasteiger partial charge is 0.486 e. The predicted molar refractivity (Wildman–Crippen MR) is 87.8 cm³/mol. The molecule has 4 nitrogen and oxygen atoms in total. The molecule has 1 atom stereocenters. The highest BCUT2D eigenvalue weighted by atomic mass is 35.5. The molecule has 1 amide bonds. The number of methoxy groups -OCH3 is 1. The Hall–Kier alpha value is -1.56. The van der Waals surface area contributed by atoms with Crippen molar-refractivity contribution in [3.05, 3.63) is 39.5 Å². The van der Waals surface area contributed by atoms with Gasteiger partial charge in [0.25, 0.3) is 0 Å². The van der Waals surface area contributed by atoms with Crippen molar-refractivity contribution in [2.24, 2.45) is 0 Å². The van der Waals surface area contributed by atoms with Crippen LogP contribution < -0.4 is 10.1 Å². The van der Waals surface area contributed by atoms with Gasteiger partial charge in [0.15, 0.2) is 0 Å². The lowest BCUT2D eigenvalue weighted by Gasteiger charge is -2.12. The van der Waals surface area contributed by atoms with E-state index in [9.17, 15) is 4.79 Å². The highest BCUT2D eigenvalue weighted by Gasteiger charge is 2.26. The molecule has 116 valence electrons. The predicted octanol–water partition coefficient (Wildman–Crippen LogP) is 3.13. The van der Waals surface area contributed by atoms with Crippen LogP contribution in [0.5, 0.6) is 5.75 Å². The second kappa shape index (κ2) is 6.69. The molecule has 0 spiro atoms. The third-order valence-electron chi connectivity index (χ3n) is 3.51. The smallest absolute Gasteiger partial charge is 0.246 e. The number of amides is 1. The molecule has 0 bridgehead atoms. The first-order chi connectivity index (χ1) is 10.7. The van der Waals surface area contributed by atoms with Crippen molar-refractivity contribution in [3.63, 3.8) is 0 Å². The lowest BCUT2D eigenvalue weighted by atomic mass is 10.0. The molecule has 2 aromatic rings. The molecule has 3 rings (SSSR count). The van der Waals surface area contributed by atoms with Gasteiger partial charge in [-0.15, -0.1) is 0 Å². The van der Waals surface area contributed by atoms with E-state index in [-0.39, 0.29) is 18.6 Å². The zero-order valence-corrected chi connectivity index (χ0v) is 13.7. The number of nitrogens with one attached hydrogen (secondary N) is 1. The number of ether oxygens (including phenoxy) is 2. The lowest BCUT2D eigenvalue weighted by Crippen LogP contribution is -2.36. The number of carbonyl (C=O) groups is 1. The number of halogens is 1. The fourth-order valence-electron chi connectivity index (χ4n) is 2.51. The topological polar surface area (TPSA) is 47.6 Å². The van der Waals surface area contributed by atoms with Gasteiger partial charge in [0.05, 0.1) is 11.6 Å². The monoisotopic (exact) mass is 337 g/mol. The van der Waals surface area contributed by atoms with E-state index in [2.05, 4.69) is 22.8 Å². The Morgan fingerprint density at radius 1 is 1.50 bits per heavy atom. The standard InChI is InChI=1S/C16H16ClNO3S/c1-20-8-15(19)18-7-13-5-12-4-11(10-2-3-22-9-10)6-14(17)16(12)21-13/h2-4,6,9,13H,5,7-8H2,1H3,(H,18,19). The third-order valence-corrected chi connectivity index (χ3v) is 4.47. The van der Waals surface area contributed by atoms with Crippen LogP contribution >= 0.6 is 22.9 Å². The number of thiophene rings is 1. The number of fused-ring (bicyclic) bond motifs is 1. The molecule has 0 saturated carbocycles. The summed E-state index contributed by atoms with van der Waals surface area (Å²) in [5.41, 5.74) is 3.34. The second-order valence-electron chi connectivity index (χ2n) is 5.14. The molecule has 2 heterocycles. The number of hydrogen-bond acceptors (Lipinski definition) is 4. The summed E-state index contributed by atoms with van der Waals surface area (Å²) < 4.78 is 10.6. The summed E-state index contributed by atoms with van der Waals surface area (Å²) in [5.74, 6) is 0.582. The van der Waals surface area contributed by atoms with E-state index in [4.69, 9.17) is 21.1 Å². The molecule has 1 aromatic carbocycles. The van der Waals surface area contributed by atoms with Crippen LogP contribution in [0.1, 0.15) is 5.56 Å². The maximum absolute atomic E-state index is 11.4. The van der Waals surface area contributed by atoms with Gasteiger partial charge in [0.2, 0.25) is 5.91 Å². The Labute approximate surface area is 138 Å². The molecule has 6 heteroatoms. The lowest BCUT2D eigenvalue weighted by molar-refractivity contribution is -0.125. The summed E-state index contributed by atoms with van der Waals surface area (Å²) in [6.07, 6.45) is 0.645. The van der Waals surface area contributed by atoms with Gasteiger partial charge in [-0.05, 0) is 40.1 Å². The number of benzene rings is 1. The fourth-order valence-corrected chi connectivity index (χ4v) is 3.46. The van der Waals surface area contributed by atoms with Gasteiger partial charge in [0.1, 0.15) is 18.5 Å². The van der Waals surface area contributed by atoms with E-state index in [0.717, 1.165) is 28.9 Å². The van der Waals surface area contributed by atoms with Gasteiger partial charge in [-0.3, -0.25) is 4.79 Å². The van der Waals surface area contributed by atoms with Gasteiger partial charge in [-0.2, -0.15) is 11.3 Å². The van der Waals surface area contributed by atoms with Crippen LogP contribution in [0, 0.1) is 0 Å². The molecule has 1 aromatic heterocycles. The van der Waals surface area contributed by atoms with Crippen molar-refractivity contribution in [1.82, 2.24) is 5.32 Å². The molecule has 0 fully saturated rings. The molecule has 22 heavy (non-hydrogen) atoms. The quantitative estimate of drug-likeness (QED) is 0.911. The van der Waals surface area contributed by atoms with E-state index in [1.54, 1.807) is 11.3 Å². The van der Waals surface area contributed by atoms with Crippen LogP contribution in [0.25, 0.3) is 11.1 Å². The Balaban J connectivity index is 1.70. The Morgan fingerprint density at radius 2 is 2.36 bits per heavy atom. The van der Waals surface area contributed by atoms with Crippen molar-refractivity contribution in [1.29, 1.82) is 0 Å². The van der Waals surface area contributed by atoms with Crippen LogP contribution in [-0.4, -0.2) is 32.3 Å². The molecule has 1 unspecified atom stereocenters. The molecule has 1 aliphatic rings. The van der Waals surface area contributed by atoms with E-state index in [1.807, 2.05) is 11.4 Å². The molecule has 0 radical (unpaired) electrons. The van der Waals surface area contributed by atoms with E-state index in [0.29, 0.717) is 11.6 Å². The van der Waals surface area contributed by atoms with Gasteiger partial charge >= 0.3 is 0 Å². The Morgan fingerprint density at radius 3 is 3.09 bits per heavy atom. The van der Waals surface area contributed by atoms with Crippen molar-refractivity contribution >= 4 is 28.8 Å². The van der Waals surface area contributed by atoms with E-state index in [1.165, 1.54) is 7.11 Å². The van der Waals surface area contributed by atoms with Gasteiger partial charge in [0, 0.05) is 19.1 Å². The van der Waals surface area contributed by atoms with E-state index >= 15 is 0 Å². The number of hydrogen-bond donors (Lipinski definition) is 1. The normalized spacial score (nSPS) is 16.2. The minimum Gasteiger partial charge on any atom is -0.486 e. The first-order valence-electron chi connectivity index (χ1n) is 6.94. The average molecular weight is 338 g/mol. The van der Waals surface area contributed by atoms with Crippen LogP contribution in [0.4, 0.5) is 0 Å². The SMILES string of the molecule is COCC(=O)NCC1Cc2cc(-c3ccsc3)cc(Cl)c2O1. The Bertz CT molecular complexity index is 672. The van der Waals surface area contributed by atoms with Crippen LogP contribution in [0.2, 0.25) is 5.02 Å². The molecule has 0 aliphatic carbocycles. The average Bonchev–Trinajstić information content (AvgIpc) is 3.14. The highest BCUT2D eigenvalue weighted by molar-refractivity contribution is 7.08. The number of rotatable bonds is 5. The van der Waals surface area contributed by atoms with Crippen molar-refractivity contribution in [3.8, 4) is 16.9 Å². The van der Waals surface area contributed by atoms with Crippen LogP contribution in [0.3, 0.4) is 0 Å². The maximum Gasteiger partial charge on any atom is 0.246 e. The highest BCUT2D eigenvalue weighted by Crippen LogP contribution is 2.39. The summed E-state index contributed by atoms with van der Waals surface area (Å²) in [6.45, 7) is 0.504. The van der Waals surface area contributed by atoms with Gasteiger partial charge in [-0.25, -0.2) is 0 Å². The van der Waals surface area contributed by atoms with Crippen molar-refractivity contribution in [2.45, 2.75) is 12.5 Å². The third kappa shape index (κ3) is 3.27. The maximum atomic E-state index is 11.4. The molecule has 1 N–H and O–H groups in total.